The van der Waals surface area contributed by atoms with Gasteiger partial charge in [0.25, 0.3) is 0 Å². The van der Waals surface area contributed by atoms with E-state index < -0.39 is 6.16 Å². The Morgan fingerprint density at radius 2 is 2.18 bits per heavy atom. The highest BCUT2D eigenvalue weighted by Crippen LogP contribution is 1.99. The van der Waals surface area contributed by atoms with E-state index in [0.717, 1.165) is 25.7 Å². The minimum absolute atomic E-state index is 0.312. The van der Waals surface area contributed by atoms with Crippen molar-refractivity contribution in [1.29, 1.82) is 0 Å². The van der Waals surface area contributed by atoms with Crippen LogP contribution in [0.15, 0.2) is 12.7 Å². The zero-order chi connectivity index (χ0) is 8.53. The number of carboxylic acid groups (broad SMARTS) is 1. The Balaban J connectivity index is 2.90. The van der Waals surface area contributed by atoms with Crippen LogP contribution in [0.25, 0.3) is 0 Å². The van der Waals surface area contributed by atoms with Crippen LogP contribution in [0.5, 0.6) is 0 Å². The fraction of sp³-hybridized carbons (Fsp3) is 0.625. The SMILES string of the molecule is C=CCCCCCOC(=O)O. The molecule has 0 heterocycles. The van der Waals surface area contributed by atoms with Crippen molar-refractivity contribution in [2.75, 3.05) is 6.61 Å². The molecule has 0 aliphatic heterocycles. The highest BCUT2D eigenvalue weighted by molar-refractivity contribution is 5.56. The van der Waals surface area contributed by atoms with E-state index in [1.165, 1.54) is 0 Å². The summed E-state index contributed by atoms with van der Waals surface area (Å²) in [6.07, 6.45) is 4.53. The lowest BCUT2D eigenvalue weighted by atomic mass is 10.2. The second-order valence-corrected chi connectivity index (χ2v) is 2.25. The Bertz CT molecular complexity index is 121. The maximum absolute atomic E-state index is 9.85. The number of carbonyl (C=O) groups is 1. The zero-order valence-corrected chi connectivity index (χ0v) is 6.58. The molecule has 0 atom stereocenters. The summed E-state index contributed by atoms with van der Waals surface area (Å²) in [4.78, 5) is 9.85. The van der Waals surface area contributed by atoms with E-state index in [4.69, 9.17) is 5.11 Å². The van der Waals surface area contributed by atoms with E-state index in [9.17, 15) is 4.79 Å². The summed E-state index contributed by atoms with van der Waals surface area (Å²) in [5.74, 6) is 0. The maximum atomic E-state index is 9.85. The van der Waals surface area contributed by atoms with Gasteiger partial charge in [0.15, 0.2) is 0 Å². The van der Waals surface area contributed by atoms with Crippen molar-refractivity contribution in [2.24, 2.45) is 0 Å². The van der Waals surface area contributed by atoms with Gasteiger partial charge in [-0.1, -0.05) is 6.08 Å². The van der Waals surface area contributed by atoms with Crippen molar-refractivity contribution >= 4 is 6.16 Å². The fourth-order valence-electron chi connectivity index (χ4n) is 0.727. The predicted octanol–water partition coefficient (Wildman–Crippen LogP) is 2.43. The molecule has 0 unspecified atom stereocenters. The molecular formula is C8H14O3. The monoisotopic (exact) mass is 158 g/mol. The summed E-state index contributed by atoms with van der Waals surface area (Å²) in [7, 11) is 0. The third kappa shape index (κ3) is 9.01. The molecule has 1 N–H and O–H groups in total. The van der Waals surface area contributed by atoms with Crippen LogP contribution < -0.4 is 0 Å². The molecule has 0 bridgehead atoms. The first-order valence-corrected chi connectivity index (χ1v) is 3.74. The Labute approximate surface area is 66.7 Å². The lowest BCUT2D eigenvalue weighted by molar-refractivity contribution is 0.0900. The Hall–Kier alpha value is -0.990. The second-order valence-electron chi connectivity index (χ2n) is 2.25. The van der Waals surface area contributed by atoms with Crippen LogP contribution in [0, 0.1) is 0 Å². The van der Waals surface area contributed by atoms with Crippen molar-refractivity contribution in [1.82, 2.24) is 0 Å². The molecule has 0 amide bonds. The molecule has 0 fully saturated rings. The summed E-state index contributed by atoms with van der Waals surface area (Å²) in [5, 5.41) is 8.08. The molecule has 0 aromatic heterocycles. The zero-order valence-electron chi connectivity index (χ0n) is 6.58. The quantitative estimate of drug-likeness (QED) is 0.367. The molecule has 0 aromatic rings. The van der Waals surface area contributed by atoms with Crippen LogP contribution in [0.1, 0.15) is 25.7 Å². The van der Waals surface area contributed by atoms with Gasteiger partial charge in [0.1, 0.15) is 0 Å². The minimum atomic E-state index is -1.19. The molecular weight excluding hydrogens is 144 g/mol. The highest BCUT2D eigenvalue weighted by atomic mass is 16.7. The van der Waals surface area contributed by atoms with Crippen molar-refractivity contribution < 1.29 is 14.6 Å². The van der Waals surface area contributed by atoms with Gasteiger partial charge >= 0.3 is 6.16 Å². The van der Waals surface area contributed by atoms with Crippen LogP contribution in [0.3, 0.4) is 0 Å². The molecule has 0 saturated carbocycles. The van der Waals surface area contributed by atoms with Gasteiger partial charge < -0.3 is 9.84 Å². The summed E-state index contributed by atoms with van der Waals surface area (Å²) in [5.41, 5.74) is 0. The molecule has 0 radical (unpaired) electrons. The standard InChI is InChI=1S/C8H14O3/c1-2-3-4-5-6-7-11-8(9)10/h2H,1,3-7H2,(H,9,10). The molecule has 3 heteroatoms. The van der Waals surface area contributed by atoms with Crippen LogP contribution in [0.4, 0.5) is 4.79 Å². The molecule has 3 nitrogen and oxygen atoms in total. The molecule has 0 aliphatic carbocycles. The first kappa shape index (κ1) is 10.0. The van der Waals surface area contributed by atoms with Crippen molar-refractivity contribution in [3.8, 4) is 0 Å². The molecule has 64 valence electrons. The van der Waals surface area contributed by atoms with Gasteiger partial charge in [-0.3, -0.25) is 0 Å². The topological polar surface area (TPSA) is 46.5 Å². The lowest BCUT2D eigenvalue weighted by Crippen LogP contribution is -2.01. The normalized spacial score (nSPS) is 9.09. The van der Waals surface area contributed by atoms with Crippen LogP contribution in [-0.4, -0.2) is 17.9 Å². The van der Waals surface area contributed by atoms with Gasteiger partial charge in [-0.2, -0.15) is 0 Å². The maximum Gasteiger partial charge on any atom is 0.505 e. The Morgan fingerprint density at radius 3 is 2.73 bits per heavy atom. The third-order valence-corrected chi connectivity index (χ3v) is 1.28. The van der Waals surface area contributed by atoms with Crippen LogP contribution in [-0.2, 0) is 4.74 Å². The summed E-state index contributed by atoms with van der Waals surface area (Å²) >= 11 is 0. The number of ether oxygens (including phenoxy) is 1. The fourth-order valence-corrected chi connectivity index (χ4v) is 0.727. The first-order valence-electron chi connectivity index (χ1n) is 3.74. The van der Waals surface area contributed by atoms with Gasteiger partial charge in [-0.25, -0.2) is 4.79 Å². The molecule has 0 aromatic carbocycles. The van der Waals surface area contributed by atoms with Crippen molar-refractivity contribution in [3.63, 3.8) is 0 Å². The van der Waals surface area contributed by atoms with Crippen LogP contribution >= 0.6 is 0 Å². The lowest BCUT2D eigenvalue weighted by Gasteiger charge is -1.98. The number of unbranched alkanes of at least 4 members (excludes halogenated alkanes) is 3. The van der Waals surface area contributed by atoms with E-state index in [0.29, 0.717) is 6.61 Å². The van der Waals surface area contributed by atoms with Crippen LogP contribution in [0.2, 0.25) is 0 Å². The average molecular weight is 158 g/mol. The smallest absolute Gasteiger partial charge is 0.450 e. The summed E-state index contributed by atoms with van der Waals surface area (Å²) in [6, 6.07) is 0. The van der Waals surface area contributed by atoms with Gasteiger partial charge in [0.05, 0.1) is 6.61 Å². The number of hydrogen-bond acceptors (Lipinski definition) is 2. The molecule has 0 saturated heterocycles. The van der Waals surface area contributed by atoms with Gasteiger partial charge in [-0.05, 0) is 25.7 Å². The Morgan fingerprint density at radius 1 is 1.45 bits per heavy atom. The molecule has 0 spiro atoms. The predicted molar refractivity (Wildman–Crippen MR) is 42.6 cm³/mol. The summed E-state index contributed by atoms with van der Waals surface area (Å²) in [6.45, 7) is 3.89. The highest BCUT2D eigenvalue weighted by Gasteiger charge is 1.94. The largest absolute Gasteiger partial charge is 0.505 e. The van der Waals surface area contributed by atoms with Crippen molar-refractivity contribution in [2.45, 2.75) is 25.7 Å². The minimum Gasteiger partial charge on any atom is -0.450 e. The van der Waals surface area contributed by atoms with E-state index >= 15 is 0 Å². The second kappa shape index (κ2) is 7.12. The number of hydrogen-bond donors (Lipinski definition) is 1. The van der Waals surface area contributed by atoms with Crippen molar-refractivity contribution in [3.05, 3.63) is 12.7 Å². The molecule has 11 heavy (non-hydrogen) atoms. The Kier molecular flexibility index (Phi) is 6.48. The van der Waals surface area contributed by atoms with E-state index in [1.54, 1.807) is 0 Å². The van der Waals surface area contributed by atoms with E-state index in [-0.39, 0.29) is 0 Å². The first-order chi connectivity index (χ1) is 5.27. The summed E-state index contributed by atoms with van der Waals surface area (Å²) < 4.78 is 4.31. The molecule has 0 aliphatic rings. The van der Waals surface area contributed by atoms with E-state index in [1.807, 2.05) is 6.08 Å². The van der Waals surface area contributed by atoms with E-state index in [2.05, 4.69) is 11.3 Å². The number of allylic oxidation sites excluding steroid dienone is 1. The third-order valence-electron chi connectivity index (χ3n) is 1.28. The average Bonchev–Trinajstić information content (AvgIpc) is 1.96. The molecule has 0 rings (SSSR count). The van der Waals surface area contributed by atoms with Gasteiger partial charge in [0, 0.05) is 0 Å². The van der Waals surface area contributed by atoms with Gasteiger partial charge in [0.2, 0.25) is 0 Å². The number of rotatable bonds is 6. The van der Waals surface area contributed by atoms with Gasteiger partial charge in [-0.15, -0.1) is 6.58 Å².